The first-order valence-corrected chi connectivity index (χ1v) is 3.05. The summed E-state index contributed by atoms with van der Waals surface area (Å²) in [5.74, 6) is 0.0207. The van der Waals surface area contributed by atoms with Gasteiger partial charge in [0.2, 0.25) is 0 Å². The molecule has 1 heterocycles. The molecule has 0 spiro atoms. The van der Waals surface area contributed by atoms with E-state index in [1.165, 1.54) is 0 Å². The van der Waals surface area contributed by atoms with Gasteiger partial charge in [0.25, 0.3) is 0 Å². The highest BCUT2D eigenvalue weighted by atomic mass is 19.4. The van der Waals surface area contributed by atoms with Crippen LogP contribution in [-0.4, -0.2) is 26.4 Å². The molecule has 0 unspecified atom stereocenters. The zero-order chi connectivity index (χ0) is 9.19. The van der Waals surface area contributed by atoms with E-state index in [-0.39, 0.29) is 12.4 Å². The van der Waals surface area contributed by atoms with E-state index in [9.17, 15) is 13.2 Å². The zero-order valence-electron chi connectivity index (χ0n) is 5.91. The summed E-state index contributed by atoms with van der Waals surface area (Å²) in [7, 11) is 0. The van der Waals surface area contributed by atoms with Gasteiger partial charge in [0, 0.05) is 0 Å². The monoisotopic (exact) mass is 181 g/mol. The average molecular weight is 181 g/mol. The maximum Gasteiger partial charge on any atom is 0.408 e. The predicted octanol–water partition coefficient (Wildman–Crippen LogP) is -0.306. The highest BCUT2D eigenvalue weighted by molar-refractivity contribution is 4.78. The Kier molecular flexibility index (Phi) is 2.27. The van der Waals surface area contributed by atoms with E-state index < -0.39 is 12.7 Å². The number of nitrogens with zero attached hydrogens (tertiary/aromatic N) is 4. The fourth-order valence-corrected chi connectivity index (χ4v) is 0.662. The molecule has 0 aromatic carbocycles. The van der Waals surface area contributed by atoms with Gasteiger partial charge in [-0.15, -0.1) is 5.10 Å². The molecule has 1 rings (SSSR count). The molecule has 0 bridgehead atoms. The van der Waals surface area contributed by atoms with Crippen LogP contribution in [0.25, 0.3) is 0 Å². The smallest absolute Gasteiger partial charge is 0.324 e. The van der Waals surface area contributed by atoms with Crippen molar-refractivity contribution in [3.63, 3.8) is 0 Å². The molecule has 8 heteroatoms. The molecule has 0 amide bonds. The van der Waals surface area contributed by atoms with Crippen molar-refractivity contribution in [3.8, 4) is 0 Å². The van der Waals surface area contributed by atoms with Crippen molar-refractivity contribution >= 4 is 0 Å². The third-order valence-corrected chi connectivity index (χ3v) is 1.12. The van der Waals surface area contributed by atoms with Crippen LogP contribution in [0, 0.1) is 0 Å². The third kappa shape index (κ3) is 2.16. The number of hydrogen-bond donors (Lipinski definition) is 1. The van der Waals surface area contributed by atoms with Crippen molar-refractivity contribution in [1.82, 2.24) is 20.2 Å². The van der Waals surface area contributed by atoms with Crippen molar-refractivity contribution in [2.45, 2.75) is 19.3 Å². The molecule has 0 atom stereocenters. The van der Waals surface area contributed by atoms with Crippen molar-refractivity contribution in [1.29, 1.82) is 0 Å². The van der Waals surface area contributed by atoms with E-state index in [1.54, 1.807) is 0 Å². The van der Waals surface area contributed by atoms with Gasteiger partial charge in [-0.3, -0.25) is 0 Å². The first kappa shape index (κ1) is 8.91. The number of hydrogen-bond acceptors (Lipinski definition) is 4. The molecule has 68 valence electrons. The van der Waals surface area contributed by atoms with Gasteiger partial charge in [-0.05, 0) is 10.4 Å². The Morgan fingerprint density at radius 2 is 2.08 bits per heavy atom. The minimum atomic E-state index is -4.32. The molecule has 1 aromatic rings. The van der Waals surface area contributed by atoms with Gasteiger partial charge in [-0.25, -0.2) is 4.68 Å². The highest BCUT2D eigenvalue weighted by Crippen LogP contribution is 2.16. The summed E-state index contributed by atoms with van der Waals surface area (Å²) in [6, 6.07) is 0. The van der Waals surface area contributed by atoms with E-state index in [1.807, 2.05) is 0 Å². The summed E-state index contributed by atoms with van der Waals surface area (Å²) in [6.07, 6.45) is -4.32. The maximum atomic E-state index is 11.8. The lowest BCUT2D eigenvalue weighted by Gasteiger charge is -2.05. The Labute approximate surface area is 65.3 Å². The Bertz CT molecular complexity index is 253. The van der Waals surface area contributed by atoms with Crippen LogP contribution in [0.3, 0.4) is 0 Å². The lowest BCUT2D eigenvalue weighted by molar-refractivity contribution is -0.143. The number of tetrazole rings is 1. The van der Waals surface area contributed by atoms with Crippen LogP contribution in [0.1, 0.15) is 5.82 Å². The maximum absolute atomic E-state index is 11.8. The van der Waals surface area contributed by atoms with Gasteiger partial charge < -0.3 is 5.73 Å². The van der Waals surface area contributed by atoms with Crippen LogP contribution in [0.2, 0.25) is 0 Å². The van der Waals surface area contributed by atoms with E-state index in [0.29, 0.717) is 4.68 Å². The van der Waals surface area contributed by atoms with Gasteiger partial charge in [0.1, 0.15) is 6.54 Å². The minimum absolute atomic E-state index is 0.0207. The quantitative estimate of drug-likeness (QED) is 0.679. The van der Waals surface area contributed by atoms with Crippen LogP contribution in [0.4, 0.5) is 13.2 Å². The molecule has 2 N–H and O–H groups in total. The highest BCUT2D eigenvalue weighted by Gasteiger charge is 2.29. The summed E-state index contributed by atoms with van der Waals surface area (Å²) >= 11 is 0. The van der Waals surface area contributed by atoms with E-state index in [2.05, 4.69) is 15.5 Å². The molecule has 5 nitrogen and oxygen atoms in total. The Morgan fingerprint density at radius 3 is 2.58 bits per heavy atom. The van der Waals surface area contributed by atoms with Crippen LogP contribution in [0.15, 0.2) is 0 Å². The van der Waals surface area contributed by atoms with Gasteiger partial charge in [0.05, 0.1) is 6.54 Å². The minimum Gasteiger partial charge on any atom is -0.324 e. The van der Waals surface area contributed by atoms with E-state index >= 15 is 0 Å². The number of aromatic nitrogens is 4. The lowest BCUT2D eigenvalue weighted by atomic mass is 10.5. The summed E-state index contributed by atoms with van der Waals surface area (Å²) in [5, 5.41) is 9.48. The SMILES string of the molecule is NCc1nnnn1CC(F)(F)F. The molecule has 0 radical (unpaired) electrons. The van der Waals surface area contributed by atoms with Crippen molar-refractivity contribution in [2.24, 2.45) is 5.73 Å². The molecule has 1 aromatic heterocycles. The Hall–Kier alpha value is -1.18. The topological polar surface area (TPSA) is 69.6 Å². The summed E-state index contributed by atoms with van der Waals surface area (Å²) < 4.78 is 36.0. The zero-order valence-corrected chi connectivity index (χ0v) is 5.91. The molecule has 0 aliphatic rings. The van der Waals surface area contributed by atoms with Crippen molar-refractivity contribution < 1.29 is 13.2 Å². The van der Waals surface area contributed by atoms with Gasteiger partial charge in [0.15, 0.2) is 5.82 Å². The average Bonchev–Trinajstić information content (AvgIpc) is 2.31. The third-order valence-electron chi connectivity index (χ3n) is 1.12. The van der Waals surface area contributed by atoms with Crippen LogP contribution < -0.4 is 5.73 Å². The molecule has 0 aliphatic carbocycles. The number of alkyl halides is 3. The molecule has 0 aliphatic heterocycles. The van der Waals surface area contributed by atoms with Crippen molar-refractivity contribution in [3.05, 3.63) is 5.82 Å². The molecule has 0 saturated carbocycles. The van der Waals surface area contributed by atoms with Gasteiger partial charge >= 0.3 is 6.18 Å². The first-order chi connectivity index (χ1) is 5.53. The van der Waals surface area contributed by atoms with Crippen LogP contribution >= 0.6 is 0 Å². The number of rotatable bonds is 2. The van der Waals surface area contributed by atoms with E-state index in [4.69, 9.17) is 5.73 Å². The second-order valence-electron chi connectivity index (χ2n) is 2.07. The summed E-state index contributed by atoms with van der Waals surface area (Å²) in [4.78, 5) is 0. The molecule has 0 fully saturated rings. The van der Waals surface area contributed by atoms with Gasteiger partial charge in [-0.1, -0.05) is 0 Å². The number of halogens is 3. The predicted molar refractivity (Wildman–Crippen MR) is 31.8 cm³/mol. The lowest BCUT2D eigenvalue weighted by Crippen LogP contribution is -2.21. The normalized spacial score (nSPS) is 12.0. The van der Waals surface area contributed by atoms with Crippen LogP contribution in [0.5, 0.6) is 0 Å². The Balaban J connectivity index is 2.75. The number of nitrogens with two attached hydrogens (primary N) is 1. The molecule has 0 saturated heterocycles. The molecule has 12 heavy (non-hydrogen) atoms. The van der Waals surface area contributed by atoms with Crippen LogP contribution in [-0.2, 0) is 13.1 Å². The van der Waals surface area contributed by atoms with Gasteiger partial charge in [-0.2, -0.15) is 13.2 Å². The van der Waals surface area contributed by atoms with Crippen molar-refractivity contribution in [2.75, 3.05) is 0 Å². The fraction of sp³-hybridized carbons (Fsp3) is 0.750. The fourth-order valence-electron chi connectivity index (χ4n) is 0.662. The Morgan fingerprint density at radius 1 is 1.42 bits per heavy atom. The summed E-state index contributed by atoms with van der Waals surface area (Å²) in [6.45, 7) is -1.31. The molecular weight excluding hydrogens is 175 g/mol. The summed E-state index contributed by atoms with van der Waals surface area (Å²) in [5.41, 5.74) is 5.08. The second kappa shape index (κ2) is 3.05. The molecular formula is C4H6F3N5. The standard InChI is InChI=1S/C4H6F3N5/c5-4(6,7)2-12-3(1-8)9-10-11-12/h1-2,8H2. The second-order valence-corrected chi connectivity index (χ2v) is 2.07. The first-order valence-electron chi connectivity index (χ1n) is 3.05. The van der Waals surface area contributed by atoms with E-state index in [0.717, 1.165) is 0 Å². The largest absolute Gasteiger partial charge is 0.408 e.